The van der Waals surface area contributed by atoms with E-state index in [0.717, 1.165) is 19.4 Å². The highest BCUT2D eigenvalue weighted by Crippen LogP contribution is 2.16. The fourth-order valence-electron chi connectivity index (χ4n) is 2.18. The molecule has 0 aromatic rings. The molecular weight excluding hydrogens is 183 g/mol. The van der Waals surface area contributed by atoms with Crippen LogP contribution in [0, 0.1) is 0 Å². The van der Waals surface area contributed by atoms with Crippen LogP contribution in [-0.4, -0.2) is 42.7 Å². The fourth-order valence-corrected chi connectivity index (χ4v) is 2.18. The van der Waals surface area contributed by atoms with Crippen LogP contribution in [0.2, 0.25) is 0 Å². The summed E-state index contributed by atoms with van der Waals surface area (Å²) in [7, 11) is 0. The number of nitrogens with one attached hydrogen (secondary N) is 1. The summed E-state index contributed by atoms with van der Waals surface area (Å²) in [5, 5.41) is 3.18. The molecule has 2 aliphatic rings. The molecule has 2 saturated heterocycles. The molecule has 0 aromatic heterocycles. The van der Waals surface area contributed by atoms with Crippen molar-refractivity contribution in [2.24, 2.45) is 0 Å². The normalized spacial score (nSPS) is 29.5. The Morgan fingerprint density at radius 2 is 2.00 bits per heavy atom. The third-order valence-corrected chi connectivity index (χ3v) is 3.09. The molecule has 0 saturated carbocycles. The lowest BCUT2D eigenvalue weighted by atomic mass is 10.1. The average Bonchev–Trinajstić information content (AvgIpc) is 2.71. The largest absolute Gasteiger partial charge is 0.341 e. The van der Waals surface area contributed by atoms with E-state index in [-0.39, 0.29) is 11.9 Å². The van der Waals surface area contributed by atoms with E-state index in [9.17, 15) is 9.18 Å². The van der Waals surface area contributed by atoms with Crippen molar-refractivity contribution in [2.75, 3.05) is 19.6 Å². The van der Waals surface area contributed by atoms with Gasteiger partial charge in [-0.1, -0.05) is 0 Å². The van der Waals surface area contributed by atoms with E-state index in [4.69, 9.17) is 0 Å². The minimum Gasteiger partial charge on any atom is -0.341 e. The van der Waals surface area contributed by atoms with Crippen LogP contribution in [0.5, 0.6) is 0 Å². The zero-order valence-electron chi connectivity index (χ0n) is 8.34. The molecule has 0 aromatic carbocycles. The van der Waals surface area contributed by atoms with E-state index >= 15 is 0 Å². The number of halogens is 1. The molecular formula is C10H17FN2O. The molecule has 80 valence electrons. The van der Waals surface area contributed by atoms with Gasteiger partial charge in [-0.2, -0.15) is 0 Å². The molecule has 1 N–H and O–H groups in total. The van der Waals surface area contributed by atoms with Gasteiger partial charge < -0.3 is 10.2 Å². The predicted octanol–water partition coefficient (Wildman–Crippen LogP) is 0.699. The quantitative estimate of drug-likeness (QED) is 0.675. The lowest BCUT2D eigenvalue weighted by Gasteiger charge is -2.30. The number of amides is 1. The minimum absolute atomic E-state index is 0.00570. The molecule has 0 radical (unpaired) electrons. The third kappa shape index (κ3) is 2.05. The third-order valence-electron chi connectivity index (χ3n) is 3.09. The van der Waals surface area contributed by atoms with Gasteiger partial charge in [-0.15, -0.1) is 0 Å². The Morgan fingerprint density at radius 3 is 2.57 bits per heavy atom. The molecule has 2 fully saturated rings. The number of rotatable bonds is 1. The van der Waals surface area contributed by atoms with Gasteiger partial charge in [-0.25, -0.2) is 4.39 Å². The fraction of sp³-hybridized carbons (Fsp3) is 0.900. The van der Waals surface area contributed by atoms with Gasteiger partial charge in [-0.05, 0) is 32.2 Å². The first kappa shape index (κ1) is 9.90. The van der Waals surface area contributed by atoms with Gasteiger partial charge in [0.25, 0.3) is 0 Å². The summed E-state index contributed by atoms with van der Waals surface area (Å²) in [5.41, 5.74) is 0. The number of hydrogen-bond acceptors (Lipinski definition) is 2. The lowest BCUT2D eigenvalue weighted by molar-refractivity contribution is -0.134. The van der Waals surface area contributed by atoms with Crippen LogP contribution in [0.3, 0.4) is 0 Å². The van der Waals surface area contributed by atoms with Gasteiger partial charge >= 0.3 is 0 Å². The second-order valence-corrected chi connectivity index (χ2v) is 4.15. The second kappa shape index (κ2) is 4.26. The molecule has 0 aliphatic carbocycles. The number of carbonyl (C=O) groups excluding carboxylic acids is 1. The Hall–Kier alpha value is -0.640. The zero-order valence-corrected chi connectivity index (χ0v) is 8.34. The van der Waals surface area contributed by atoms with Crippen LogP contribution >= 0.6 is 0 Å². The van der Waals surface area contributed by atoms with E-state index in [1.807, 2.05) is 0 Å². The van der Waals surface area contributed by atoms with Crippen molar-refractivity contribution in [2.45, 2.75) is 37.9 Å². The molecule has 1 atom stereocenters. The Balaban J connectivity index is 1.85. The molecule has 1 amide bonds. The van der Waals surface area contributed by atoms with Crippen LogP contribution in [-0.2, 0) is 4.79 Å². The van der Waals surface area contributed by atoms with Crippen molar-refractivity contribution in [3.63, 3.8) is 0 Å². The van der Waals surface area contributed by atoms with E-state index in [2.05, 4.69) is 5.32 Å². The topological polar surface area (TPSA) is 32.3 Å². The van der Waals surface area contributed by atoms with Crippen molar-refractivity contribution < 1.29 is 9.18 Å². The summed E-state index contributed by atoms with van der Waals surface area (Å²) in [5.74, 6) is 0.175. The summed E-state index contributed by atoms with van der Waals surface area (Å²) in [6.07, 6.45) is 2.34. The smallest absolute Gasteiger partial charge is 0.239 e. The van der Waals surface area contributed by atoms with Crippen molar-refractivity contribution >= 4 is 5.91 Å². The number of hydrogen-bond donors (Lipinski definition) is 1. The molecule has 0 unspecified atom stereocenters. The molecule has 14 heavy (non-hydrogen) atoms. The van der Waals surface area contributed by atoms with E-state index in [1.165, 1.54) is 0 Å². The maximum absolute atomic E-state index is 12.8. The van der Waals surface area contributed by atoms with E-state index in [0.29, 0.717) is 25.9 Å². The summed E-state index contributed by atoms with van der Waals surface area (Å²) in [4.78, 5) is 13.7. The monoisotopic (exact) mass is 200 g/mol. The molecule has 3 nitrogen and oxygen atoms in total. The highest BCUT2D eigenvalue weighted by atomic mass is 19.1. The number of alkyl halides is 1. The first-order chi connectivity index (χ1) is 6.77. The predicted molar refractivity (Wildman–Crippen MR) is 51.7 cm³/mol. The molecule has 4 heteroatoms. The molecule has 2 heterocycles. The SMILES string of the molecule is O=C([C@H]1CCCN1)N1CCC(F)CC1. The van der Waals surface area contributed by atoms with Crippen molar-refractivity contribution in [3.05, 3.63) is 0 Å². The zero-order chi connectivity index (χ0) is 9.97. The highest BCUT2D eigenvalue weighted by Gasteiger charge is 2.29. The van der Waals surface area contributed by atoms with Crippen LogP contribution in [0.15, 0.2) is 0 Å². The Morgan fingerprint density at radius 1 is 1.29 bits per heavy atom. The van der Waals surface area contributed by atoms with Gasteiger partial charge in [0.05, 0.1) is 6.04 Å². The molecule has 2 rings (SSSR count). The minimum atomic E-state index is -0.699. The van der Waals surface area contributed by atoms with Gasteiger partial charge in [0.2, 0.25) is 5.91 Å². The van der Waals surface area contributed by atoms with Gasteiger partial charge in [-0.3, -0.25) is 4.79 Å². The van der Waals surface area contributed by atoms with Gasteiger partial charge in [0.15, 0.2) is 0 Å². The summed E-state index contributed by atoms with van der Waals surface area (Å²) < 4.78 is 12.8. The van der Waals surface area contributed by atoms with Crippen LogP contribution < -0.4 is 5.32 Å². The standard InChI is InChI=1S/C10H17FN2O/c11-8-3-6-13(7-4-8)10(14)9-2-1-5-12-9/h8-9,12H,1-7H2/t9-/m1/s1. The molecule has 2 aliphatic heterocycles. The van der Waals surface area contributed by atoms with Gasteiger partial charge in [0.1, 0.15) is 6.17 Å². The Labute approximate surface area is 83.6 Å². The second-order valence-electron chi connectivity index (χ2n) is 4.15. The Bertz CT molecular complexity index is 208. The number of nitrogens with zero attached hydrogens (tertiary/aromatic N) is 1. The first-order valence-corrected chi connectivity index (χ1v) is 5.43. The summed E-state index contributed by atoms with van der Waals surface area (Å²) in [6, 6.07) is 0.00570. The number of likely N-dealkylation sites (tertiary alicyclic amines) is 1. The first-order valence-electron chi connectivity index (χ1n) is 5.43. The van der Waals surface area contributed by atoms with E-state index < -0.39 is 6.17 Å². The maximum atomic E-state index is 12.8. The van der Waals surface area contributed by atoms with Gasteiger partial charge in [0, 0.05) is 13.1 Å². The van der Waals surface area contributed by atoms with Crippen LogP contribution in [0.25, 0.3) is 0 Å². The highest BCUT2D eigenvalue weighted by molar-refractivity contribution is 5.82. The van der Waals surface area contributed by atoms with Crippen molar-refractivity contribution in [3.8, 4) is 0 Å². The number of piperidine rings is 1. The summed E-state index contributed by atoms with van der Waals surface area (Å²) in [6.45, 7) is 2.13. The Kier molecular flexibility index (Phi) is 3.01. The average molecular weight is 200 g/mol. The maximum Gasteiger partial charge on any atom is 0.239 e. The lowest BCUT2D eigenvalue weighted by Crippen LogP contribution is -2.47. The van der Waals surface area contributed by atoms with Crippen LogP contribution in [0.4, 0.5) is 4.39 Å². The van der Waals surface area contributed by atoms with Crippen molar-refractivity contribution in [1.82, 2.24) is 10.2 Å². The molecule has 0 spiro atoms. The molecule has 0 bridgehead atoms. The van der Waals surface area contributed by atoms with E-state index in [1.54, 1.807) is 4.90 Å². The number of carbonyl (C=O) groups is 1. The summed E-state index contributed by atoms with van der Waals surface area (Å²) >= 11 is 0. The van der Waals surface area contributed by atoms with Crippen LogP contribution in [0.1, 0.15) is 25.7 Å². The van der Waals surface area contributed by atoms with Crippen molar-refractivity contribution in [1.29, 1.82) is 0 Å².